The molecule has 0 saturated carbocycles. The molecule has 4 nitrogen and oxygen atoms in total. The topological polar surface area (TPSA) is 49.4 Å². The van der Waals surface area contributed by atoms with Crippen LogP contribution in [0.3, 0.4) is 0 Å². The van der Waals surface area contributed by atoms with Crippen LogP contribution in [-0.4, -0.2) is 30.3 Å². The molecule has 2 aromatic carbocycles. The Labute approximate surface area is 141 Å². The number of nitrogens with zero attached hydrogens (tertiary/aromatic N) is 1. The van der Waals surface area contributed by atoms with Gasteiger partial charge in [-0.25, -0.2) is 4.39 Å². The summed E-state index contributed by atoms with van der Waals surface area (Å²) in [5, 5.41) is 2.80. The average Bonchev–Trinajstić information content (AvgIpc) is 2.61. The van der Waals surface area contributed by atoms with Gasteiger partial charge >= 0.3 is 0 Å². The highest BCUT2D eigenvalue weighted by Crippen LogP contribution is 2.07. The minimum absolute atomic E-state index is 0.00622. The first kappa shape index (κ1) is 17.7. The van der Waals surface area contributed by atoms with Crippen molar-refractivity contribution in [1.29, 1.82) is 0 Å². The van der Waals surface area contributed by atoms with Gasteiger partial charge in [0.15, 0.2) is 0 Å². The molecule has 2 rings (SSSR count). The van der Waals surface area contributed by atoms with Crippen molar-refractivity contribution in [2.75, 3.05) is 13.6 Å². The molecule has 5 heteroatoms. The van der Waals surface area contributed by atoms with Crippen molar-refractivity contribution in [3.8, 4) is 0 Å². The SMILES string of the molecule is CN(Cc1ccc(F)cc1)C(=O)CCCNC(=O)c1ccccc1. The number of benzene rings is 2. The minimum Gasteiger partial charge on any atom is -0.352 e. The molecule has 0 unspecified atom stereocenters. The fraction of sp³-hybridized carbons (Fsp3) is 0.263. The number of hydrogen-bond donors (Lipinski definition) is 1. The summed E-state index contributed by atoms with van der Waals surface area (Å²) in [6, 6.07) is 15.1. The van der Waals surface area contributed by atoms with E-state index in [2.05, 4.69) is 5.32 Å². The first-order valence-electron chi connectivity index (χ1n) is 7.88. The van der Waals surface area contributed by atoms with Crippen molar-refractivity contribution in [3.05, 3.63) is 71.5 Å². The van der Waals surface area contributed by atoms with E-state index in [0.717, 1.165) is 5.56 Å². The van der Waals surface area contributed by atoms with E-state index in [1.165, 1.54) is 12.1 Å². The van der Waals surface area contributed by atoms with Crippen LogP contribution in [0.4, 0.5) is 4.39 Å². The second kappa shape index (κ2) is 8.82. The summed E-state index contributed by atoms with van der Waals surface area (Å²) in [5.41, 5.74) is 1.49. The molecule has 0 aliphatic carbocycles. The predicted octanol–water partition coefficient (Wildman–Crippen LogP) is 2.99. The first-order chi connectivity index (χ1) is 11.6. The van der Waals surface area contributed by atoms with E-state index in [1.54, 1.807) is 36.2 Å². The third-order valence-electron chi connectivity index (χ3n) is 3.65. The van der Waals surface area contributed by atoms with Crippen LogP contribution < -0.4 is 5.32 Å². The van der Waals surface area contributed by atoms with Gasteiger partial charge < -0.3 is 10.2 Å². The van der Waals surface area contributed by atoms with Crippen LogP contribution in [0.15, 0.2) is 54.6 Å². The molecule has 2 amide bonds. The van der Waals surface area contributed by atoms with Crippen molar-refractivity contribution in [2.45, 2.75) is 19.4 Å². The largest absolute Gasteiger partial charge is 0.352 e. The summed E-state index contributed by atoms with van der Waals surface area (Å²) in [5.74, 6) is -0.433. The third kappa shape index (κ3) is 5.50. The number of nitrogens with one attached hydrogen (secondary N) is 1. The van der Waals surface area contributed by atoms with E-state index in [4.69, 9.17) is 0 Å². The van der Waals surface area contributed by atoms with Crippen LogP contribution in [0.1, 0.15) is 28.8 Å². The van der Waals surface area contributed by atoms with Crippen LogP contribution in [0.5, 0.6) is 0 Å². The first-order valence-corrected chi connectivity index (χ1v) is 7.88. The van der Waals surface area contributed by atoms with E-state index in [1.807, 2.05) is 18.2 Å². The number of hydrogen-bond acceptors (Lipinski definition) is 2. The number of rotatable bonds is 7. The molecule has 0 spiro atoms. The summed E-state index contributed by atoms with van der Waals surface area (Å²) in [6.45, 7) is 0.888. The van der Waals surface area contributed by atoms with E-state index in [9.17, 15) is 14.0 Å². The van der Waals surface area contributed by atoms with E-state index in [-0.39, 0.29) is 17.6 Å². The predicted molar refractivity (Wildman–Crippen MR) is 90.9 cm³/mol. The Morgan fingerprint density at radius 1 is 1.04 bits per heavy atom. The minimum atomic E-state index is -0.290. The Kier molecular flexibility index (Phi) is 6.49. The summed E-state index contributed by atoms with van der Waals surface area (Å²) in [4.78, 5) is 25.5. The summed E-state index contributed by atoms with van der Waals surface area (Å²) < 4.78 is 12.9. The molecular weight excluding hydrogens is 307 g/mol. The van der Waals surface area contributed by atoms with Gasteiger partial charge in [-0.1, -0.05) is 30.3 Å². The standard InChI is InChI=1S/C19H21FN2O2/c1-22(14-15-9-11-17(20)12-10-15)18(23)8-5-13-21-19(24)16-6-3-2-4-7-16/h2-4,6-7,9-12H,5,8,13-14H2,1H3,(H,21,24). The molecule has 0 fully saturated rings. The summed E-state index contributed by atoms with van der Waals surface area (Å²) in [7, 11) is 1.72. The molecule has 0 saturated heterocycles. The molecule has 0 aliphatic heterocycles. The van der Waals surface area contributed by atoms with Crippen LogP contribution in [0.25, 0.3) is 0 Å². The molecule has 0 heterocycles. The van der Waals surface area contributed by atoms with Crippen molar-refractivity contribution in [1.82, 2.24) is 10.2 Å². The van der Waals surface area contributed by atoms with Gasteiger partial charge in [-0.3, -0.25) is 9.59 Å². The van der Waals surface area contributed by atoms with Gasteiger partial charge in [0.05, 0.1) is 0 Å². The van der Waals surface area contributed by atoms with Crippen molar-refractivity contribution in [2.24, 2.45) is 0 Å². The van der Waals surface area contributed by atoms with Crippen molar-refractivity contribution >= 4 is 11.8 Å². The molecule has 2 aromatic rings. The maximum atomic E-state index is 12.9. The molecule has 1 N–H and O–H groups in total. The van der Waals surface area contributed by atoms with Crippen LogP contribution in [0.2, 0.25) is 0 Å². The second-order valence-electron chi connectivity index (χ2n) is 5.60. The molecule has 0 radical (unpaired) electrons. The highest BCUT2D eigenvalue weighted by atomic mass is 19.1. The van der Waals surface area contributed by atoms with E-state index in [0.29, 0.717) is 31.5 Å². The van der Waals surface area contributed by atoms with Crippen molar-refractivity contribution in [3.63, 3.8) is 0 Å². The third-order valence-corrected chi connectivity index (χ3v) is 3.65. The van der Waals surface area contributed by atoms with Crippen LogP contribution in [0, 0.1) is 5.82 Å². The van der Waals surface area contributed by atoms with Crippen LogP contribution >= 0.6 is 0 Å². The lowest BCUT2D eigenvalue weighted by molar-refractivity contribution is -0.130. The van der Waals surface area contributed by atoms with E-state index < -0.39 is 0 Å². The smallest absolute Gasteiger partial charge is 0.251 e. The van der Waals surface area contributed by atoms with Gasteiger partial charge in [0.25, 0.3) is 5.91 Å². The summed E-state index contributed by atoms with van der Waals surface area (Å²) >= 11 is 0. The zero-order chi connectivity index (χ0) is 17.4. The molecule has 24 heavy (non-hydrogen) atoms. The average molecular weight is 328 g/mol. The highest BCUT2D eigenvalue weighted by Gasteiger charge is 2.10. The lowest BCUT2D eigenvalue weighted by Crippen LogP contribution is -2.28. The van der Waals surface area contributed by atoms with Crippen LogP contribution in [-0.2, 0) is 11.3 Å². The van der Waals surface area contributed by atoms with Gasteiger partial charge in [-0.05, 0) is 36.2 Å². The molecule has 0 atom stereocenters. The second-order valence-corrected chi connectivity index (χ2v) is 5.60. The number of halogens is 1. The zero-order valence-corrected chi connectivity index (χ0v) is 13.7. The fourth-order valence-electron chi connectivity index (χ4n) is 2.28. The number of amides is 2. The molecule has 0 aliphatic rings. The highest BCUT2D eigenvalue weighted by molar-refractivity contribution is 5.94. The Hall–Kier alpha value is -2.69. The normalized spacial score (nSPS) is 10.2. The van der Waals surface area contributed by atoms with Gasteiger partial charge in [0.2, 0.25) is 5.91 Å². The lowest BCUT2D eigenvalue weighted by atomic mass is 10.2. The number of carbonyl (C=O) groups is 2. The Bertz CT molecular complexity index is 672. The fourth-order valence-corrected chi connectivity index (χ4v) is 2.28. The zero-order valence-electron chi connectivity index (χ0n) is 13.7. The summed E-state index contributed by atoms with van der Waals surface area (Å²) in [6.07, 6.45) is 0.929. The monoisotopic (exact) mass is 328 g/mol. The van der Waals surface area contributed by atoms with Gasteiger partial charge in [0, 0.05) is 32.1 Å². The number of carbonyl (C=O) groups excluding carboxylic acids is 2. The quantitative estimate of drug-likeness (QED) is 0.794. The Morgan fingerprint density at radius 2 is 1.71 bits per heavy atom. The molecule has 0 aromatic heterocycles. The Balaban J connectivity index is 1.69. The lowest BCUT2D eigenvalue weighted by Gasteiger charge is -2.17. The molecular formula is C19H21FN2O2. The van der Waals surface area contributed by atoms with Gasteiger partial charge in [0.1, 0.15) is 5.82 Å². The molecule has 0 bridgehead atoms. The van der Waals surface area contributed by atoms with Crippen molar-refractivity contribution < 1.29 is 14.0 Å². The molecule has 126 valence electrons. The Morgan fingerprint density at radius 3 is 2.38 bits per heavy atom. The van der Waals surface area contributed by atoms with Gasteiger partial charge in [-0.15, -0.1) is 0 Å². The maximum Gasteiger partial charge on any atom is 0.251 e. The van der Waals surface area contributed by atoms with Gasteiger partial charge in [-0.2, -0.15) is 0 Å². The maximum absolute atomic E-state index is 12.9. The van der Waals surface area contributed by atoms with E-state index >= 15 is 0 Å².